The number of nitrogens with one attached hydrogen (secondary N) is 1. The molecule has 0 heterocycles. The summed E-state index contributed by atoms with van der Waals surface area (Å²) in [6, 6.07) is 8.66. The van der Waals surface area contributed by atoms with Crippen LogP contribution in [0.4, 0.5) is 14.5 Å². The number of amides is 2. The zero-order valence-electron chi connectivity index (χ0n) is 10.2. The van der Waals surface area contributed by atoms with Crippen LogP contribution in [0.15, 0.2) is 42.5 Å². The Labute approximate surface area is 113 Å². The lowest BCUT2D eigenvalue weighted by molar-refractivity contribution is 0.0992. The number of hydrogen-bond donors (Lipinski definition) is 2. The third-order valence-corrected chi connectivity index (χ3v) is 2.62. The van der Waals surface area contributed by atoms with Gasteiger partial charge in [-0.2, -0.15) is 0 Å². The fourth-order valence-electron chi connectivity index (χ4n) is 1.61. The van der Waals surface area contributed by atoms with Crippen LogP contribution in [0, 0.1) is 11.6 Å². The molecule has 102 valence electrons. The number of hydrogen-bond acceptors (Lipinski definition) is 2. The SMILES string of the molecule is NC(=O)c1cccc(NC(=O)c2ccc(F)cc2)c1F. The summed E-state index contributed by atoms with van der Waals surface area (Å²) in [4.78, 5) is 22.8. The maximum Gasteiger partial charge on any atom is 0.255 e. The standard InChI is InChI=1S/C14H10F2N2O2/c15-9-6-4-8(5-7-9)14(20)18-11-3-1-2-10(12(11)16)13(17)19/h1-7H,(H2,17,19)(H,18,20). The van der Waals surface area contributed by atoms with Crippen LogP contribution in [0.3, 0.4) is 0 Å². The molecule has 0 aliphatic carbocycles. The van der Waals surface area contributed by atoms with Crippen LogP contribution in [-0.4, -0.2) is 11.8 Å². The van der Waals surface area contributed by atoms with E-state index in [0.717, 1.165) is 12.1 Å². The molecule has 0 unspecified atom stereocenters. The van der Waals surface area contributed by atoms with Gasteiger partial charge in [-0.15, -0.1) is 0 Å². The second-order valence-electron chi connectivity index (χ2n) is 3.99. The predicted octanol–water partition coefficient (Wildman–Crippen LogP) is 2.32. The van der Waals surface area contributed by atoms with Crippen molar-refractivity contribution in [2.75, 3.05) is 5.32 Å². The highest BCUT2D eigenvalue weighted by atomic mass is 19.1. The van der Waals surface area contributed by atoms with Crippen LogP contribution in [0.5, 0.6) is 0 Å². The summed E-state index contributed by atoms with van der Waals surface area (Å²) in [5.74, 6) is -2.94. The highest BCUT2D eigenvalue weighted by Crippen LogP contribution is 2.18. The van der Waals surface area contributed by atoms with Crippen molar-refractivity contribution in [2.24, 2.45) is 5.73 Å². The summed E-state index contributed by atoms with van der Waals surface area (Å²) in [6.45, 7) is 0. The maximum absolute atomic E-state index is 13.9. The van der Waals surface area contributed by atoms with Crippen molar-refractivity contribution in [3.05, 3.63) is 65.2 Å². The Hall–Kier alpha value is -2.76. The molecule has 0 saturated carbocycles. The molecule has 6 heteroatoms. The van der Waals surface area contributed by atoms with Crippen molar-refractivity contribution in [1.29, 1.82) is 0 Å². The Morgan fingerprint density at radius 3 is 2.25 bits per heavy atom. The highest BCUT2D eigenvalue weighted by Gasteiger charge is 2.14. The lowest BCUT2D eigenvalue weighted by atomic mass is 10.1. The Balaban J connectivity index is 2.26. The lowest BCUT2D eigenvalue weighted by Gasteiger charge is -2.08. The minimum atomic E-state index is -0.930. The van der Waals surface area contributed by atoms with E-state index in [-0.39, 0.29) is 16.8 Å². The molecule has 0 aliphatic heterocycles. The molecule has 0 fully saturated rings. The van der Waals surface area contributed by atoms with Gasteiger partial charge < -0.3 is 11.1 Å². The van der Waals surface area contributed by atoms with Crippen LogP contribution < -0.4 is 11.1 Å². The molecule has 2 rings (SSSR count). The average Bonchev–Trinajstić information content (AvgIpc) is 2.41. The van der Waals surface area contributed by atoms with Gasteiger partial charge >= 0.3 is 0 Å². The van der Waals surface area contributed by atoms with Crippen molar-refractivity contribution in [3.63, 3.8) is 0 Å². The molecule has 20 heavy (non-hydrogen) atoms. The summed E-state index contributed by atoms with van der Waals surface area (Å²) in [6.07, 6.45) is 0. The van der Waals surface area contributed by atoms with Gasteiger partial charge in [0.2, 0.25) is 0 Å². The van der Waals surface area contributed by atoms with E-state index in [2.05, 4.69) is 5.32 Å². The molecule has 0 aromatic heterocycles. The number of halogens is 2. The molecule has 0 saturated heterocycles. The van der Waals surface area contributed by atoms with E-state index < -0.39 is 23.4 Å². The van der Waals surface area contributed by atoms with Crippen LogP contribution >= 0.6 is 0 Å². The monoisotopic (exact) mass is 276 g/mol. The van der Waals surface area contributed by atoms with Gasteiger partial charge in [0.25, 0.3) is 11.8 Å². The second-order valence-corrected chi connectivity index (χ2v) is 3.99. The molecule has 0 bridgehead atoms. The van der Waals surface area contributed by atoms with Crippen LogP contribution in [-0.2, 0) is 0 Å². The predicted molar refractivity (Wildman–Crippen MR) is 69.3 cm³/mol. The third kappa shape index (κ3) is 2.80. The quantitative estimate of drug-likeness (QED) is 0.903. The number of nitrogens with two attached hydrogens (primary N) is 1. The molecule has 0 spiro atoms. The molecule has 3 N–H and O–H groups in total. The van der Waals surface area contributed by atoms with Crippen LogP contribution in [0.25, 0.3) is 0 Å². The van der Waals surface area contributed by atoms with Crippen molar-refractivity contribution in [3.8, 4) is 0 Å². The number of benzene rings is 2. The smallest absolute Gasteiger partial charge is 0.255 e. The van der Waals surface area contributed by atoms with Gasteiger partial charge in [-0.3, -0.25) is 9.59 Å². The topological polar surface area (TPSA) is 72.2 Å². The first-order chi connectivity index (χ1) is 9.49. The second kappa shape index (κ2) is 5.48. The van der Waals surface area contributed by atoms with Gasteiger partial charge in [0, 0.05) is 5.56 Å². The summed E-state index contributed by atoms with van der Waals surface area (Å²) in [5, 5.41) is 2.30. The molecule has 4 nitrogen and oxygen atoms in total. The minimum absolute atomic E-state index is 0.162. The Morgan fingerprint density at radius 2 is 1.65 bits per heavy atom. The Kier molecular flexibility index (Phi) is 3.74. The first-order valence-corrected chi connectivity index (χ1v) is 5.64. The van der Waals surface area contributed by atoms with Crippen molar-refractivity contribution in [2.45, 2.75) is 0 Å². The first kappa shape index (κ1) is 13.7. The van der Waals surface area contributed by atoms with E-state index >= 15 is 0 Å². The molecule has 2 aromatic carbocycles. The highest BCUT2D eigenvalue weighted by molar-refractivity contribution is 6.05. The Morgan fingerprint density at radius 1 is 1.00 bits per heavy atom. The van der Waals surface area contributed by atoms with E-state index in [4.69, 9.17) is 5.73 Å². The Bertz CT molecular complexity index is 669. The number of carbonyl (C=O) groups excluding carboxylic acids is 2. The number of rotatable bonds is 3. The number of carbonyl (C=O) groups is 2. The van der Waals surface area contributed by atoms with Gasteiger partial charge in [-0.05, 0) is 36.4 Å². The normalized spacial score (nSPS) is 10.1. The zero-order valence-corrected chi connectivity index (χ0v) is 10.2. The summed E-state index contributed by atoms with van der Waals surface area (Å²) >= 11 is 0. The van der Waals surface area contributed by atoms with Gasteiger partial charge in [0.05, 0.1) is 11.3 Å². The molecular weight excluding hydrogens is 266 g/mol. The summed E-state index contributed by atoms with van der Waals surface area (Å²) in [5.41, 5.74) is 4.68. The van der Waals surface area contributed by atoms with E-state index in [9.17, 15) is 18.4 Å². The van der Waals surface area contributed by atoms with E-state index in [1.54, 1.807) is 0 Å². The molecule has 2 amide bonds. The van der Waals surface area contributed by atoms with Gasteiger partial charge in [0.1, 0.15) is 5.82 Å². The largest absolute Gasteiger partial charge is 0.366 e. The summed E-state index contributed by atoms with van der Waals surface area (Å²) < 4.78 is 26.6. The average molecular weight is 276 g/mol. The molecule has 0 radical (unpaired) electrons. The first-order valence-electron chi connectivity index (χ1n) is 5.64. The number of anilines is 1. The van der Waals surface area contributed by atoms with Gasteiger partial charge in [-0.25, -0.2) is 8.78 Å². The molecule has 2 aromatic rings. The van der Waals surface area contributed by atoms with Crippen molar-refractivity contribution < 1.29 is 18.4 Å². The molecular formula is C14H10F2N2O2. The lowest BCUT2D eigenvalue weighted by Crippen LogP contribution is -2.17. The maximum atomic E-state index is 13.9. The minimum Gasteiger partial charge on any atom is -0.366 e. The zero-order chi connectivity index (χ0) is 14.7. The van der Waals surface area contributed by atoms with Crippen molar-refractivity contribution in [1.82, 2.24) is 0 Å². The third-order valence-electron chi connectivity index (χ3n) is 2.62. The van der Waals surface area contributed by atoms with E-state index in [0.29, 0.717) is 0 Å². The van der Waals surface area contributed by atoms with E-state index in [1.165, 1.54) is 30.3 Å². The van der Waals surface area contributed by atoms with Crippen LogP contribution in [0.2, 0.25) is 0 Å². The van der Waals surface area contributed by atoms with Crippen LogP contribution in [0.1, 0.15) is 20.7 Å². The number of primary amides is 1. The molecule has 0 atom stereocenters. The van der Waals surface area contributed by atoms with Gasteiger partial charge in [-0.1, -0.05) is 6.07 Å². The van der Waals surface area contributed by atoms with E-state index in [1.807, 2.05) is 0 Å². The van der Waals surface area contributed by atoms with Crippen molar-refractivity contribution >= 4 is 17.5 Å². The fraction of sp³-hybridized carbons (Fsp3) is 0. The summed E-state index contributed by atoms with van der Waals surface area (Å²) in [7, 11) is 0. The fourth-order valence-corrected chi connectivity index (χ4v) is 1.61. The molecule has 0 aliphatic rings. The van der Waals surface area contributed by atoms with Gasteiger partial charge in [0.15, 0.2) is 5.82 Å².